The molecule has 0 radical (unpaired) electrons. The average Bonchev–Trinajstić information content (AvgIpc) is 3.14. The number of aryl methyl sites for hydroxylation is 1. The maximum absolute atomic E-state index is 5.40. The molecule has 0 aromatic carbocycles. The first kappa shape index (κ1) is 17.4. The molecule has 7 nitrogen and oxygen atoms in total. The van der Waals surface area contributed by atoms with Crippen molar-refractivity contribution >= 4 is 17.4 Å². The second-order valence-electron chi connectivity index (χ2n) is 6.20. The highest BCUT2D eigenvalue weighted by Crippen LogP contribution is 2.21. The first-order chi connectivity index (χ1) is 12.8. The molecule has 0 unspecified atom stereocenters. The van der Waals surface area contributed by atoms with Crippen LogP contribution in [0.4, 0.5) is 0 Å². The van der Waals surface area contributed by atoms with Crippen molar-refractivity contribution in [3.05, 3.63) is 36.5 Å². The number of imidazole rings is 1. The molecule has 0 atom stereocenters. The van der Waals surface area contributed by atoms with E-state index in [2.05, 4.69) is 29.2 Å². The summed E-state index contributed by atoms with van der Waals surface area (Å²) in [7, 11) is 0. The first-order valence-electron chi connectivity index (χ1n) is 8.83. The lowest BCUT2D eigenvalue weighted by Crippen LogP contribution is -2.37. The van der Waals surface area contributed by atoms with Crippen LogP contribution in [-0.4, -0.2) is 68.3 Å². The monoisotopic (exact) mass is 370 g/mol. The van der Waals surface area contributed by atoms with Gasteiger partial charge in [-0.25, -0.2) is 15.0 Å². The molecule has 1 aliphatic heterocycles. The van der Waals surface area contributed by atoms with Gasteiger partial charge in [0, 0.05) is 31.7 Å². The molecule has 4 heterocycles. The predicted octanol–water partition coefficient (Wildman–Crippen LogP) is 2.17. The van der Waals surface area contributed by atoms with Crippen LogP contribution in [0.1, 0.15) is 12.1 Å². The zero-order valence-electron chi connectivity index (χ0n) is 14.8. The van der Waals surface area contributed by atoms with Crippen molar-refractivity contribution in [2.24, 2.45) is 0 Å². The number of nitrogens with zero attached hydrogens (tertiary/aromatic N) is 6. The fraction of sp³-hybridized carbons (Fsp3) is 0.444. The minimum atomic E-state index is 0.761. The van der Waals surface area contributed by atoms with Crippen LogP contribution in [0.3, 0.4) is 0 Å². The first-order valence-corrected chi connectivity index (χ1v) is 10.1. The zero-order valence-corrected chi connectivity index (χ0v) is 15.7. The lowest BCUT2D eigenvalue weighted by molar-refractivity contribution is 0.0374. The van der Waals surface area contributed by atoms with Crippen LogP contribution >= 0.6 is 11.8 Å². The summed E-state index contributed by atoms with van der Waals surface area (Å²) in [6, 6.07) is 1.92. The highest BCUT2D eigenvalue weighted by atomic mass is 32.2. The van der Waals surface area contributed by atoms with Gasteiger partial charge in [-0.05, 0) is 31.7 Å². The highest BCUT2D eigenvalue weighted by molar-refractivity contribution is 7.98. The lowest BCUT2D eigenvalue weighted by Gasteiger charge is -2.26. The quantitative estimate of drug-likeness (QED) is 0.486. The van der Waals surface area contributed by atoms with E-state index in [0.717, 1.165) is 73.6 Å². The molecule has 0 spiro atoms. The van der Waals surface area contributed by atoms with E-state index in [4.69, 9.17) is 4.74 Å². The summed E-state index contributed by atoms with van der Waals surface area (Å²) in [5.74, 6) is 0. The number of aromatic nitrogens is 5. The zero-order chi connectivity index (χ0) is 17.8. The van der Waals surface area contributed by atoms with E-state index in [1.807, 2.05) is 30.9 Å². The second kappa shape index (κ2) is 8.11. The second-order valence-corrected chi connectivity index (χ2v) is 6.97. The molecule has 0 N–H and O–H groups in total. The van der Waals surface area contributed by atoms with Gasteiger partial charge in [0.25, 0.3) is 0 Å². The third kappa shape index (κ3) is 3.72. The fourth-order valence-electron chi connectivity index (χ4n) is 3.22. The van der Waals surface area contributed by atoms with E-state index >= 15 is 0 Å². The van der Waals surface area contributed by atoms with Crippen LogP contribution in [0.2, 0.25) is 0 Å². The van der Waals surface area contributed by atoms with Gasteiger partial charge in [-0.15, -0.1) is 0 Å². The Morgan fingerprint density at radius 2 is 2.04 bits per heavy atom. The van der Waals surface area contributed by atoms with E-state index in [9.17, 15) is 0 Å². The van der Waals surface area contributed by atoms with Crippen LogP contribution < -0.4 is 0 Å². The third-order valence-corrected chi connectivity index (χ3v) is 5.13. The Morgan fingerprint density at radius 3 is 2.88 bits per heavy atom. The van der Waals surface area contributed by atoms with Gasteiger partial charge in [-0.1, -0.05) is 11.8 Å². The smallest absolute Gasteiger partial charge is 0.187 e. The number of hydrogen-bond acceptors (Lipinski definition) is 7. The summed E-state index contributed by atoms with van der Waals surface area (Å²) < 4.78 is 7.48. The number of hydrogen-bond donors (Lipinski definition) is 0. The fourth-order valence-corrected chi connectivity index (χ4v) is 3.57. The molecule has 3 aromatic rings. The number of rotatable bonds is 6. The summed E-state index contributed by atoms with van der Waals surface area (Å²) in [6.45, 7) is 4.80. The summed E-state index contributed by atoms with van der Waals surface area (Å²) in [4.78, 5) is 20.5. The Bertz CT molecular complexity index is 877. The number of morpholine rings is 1. The van der Waals surface area contributed by atoms with E-state index in [1.54, 1.807) is 6.20 Å². The van der Waals surface area contributed by atoms with E-state index in [-0.39, 0.29) is 0 Å². The molecule has 4 rings (SSSR count). The van der Waals surface area contributed by atoms with Crippen molar-refractivity contribution in [2.75, 3.05) is 39.1 Å². The molecule has 0 saturated carbocycles. The normalized spacial score (nSPS) is 15.6. The van der Waals surface area contributed by atoms with E-state index < -0.39 is 0 Å². The molecule has 136 valence electrons. The number of fused-ring (bicyclic) bond motifs is 1. The van der Waals surface area contributed by atoms with Gasteiger partial charge in [-0.2, -0.15) is 0 Å². The largest absolute Gasteiger partial charge is 0.379 e. The summed E-state index contributed by atoms with van der Waals surface area (Å²) >= 11 is 1.54. The Morgan fingerprint density at radius 1 is 1.15 bits per heavy atom. The molecule has 0 amide bonds. The lowest BCUT2D eigenvalue weighted by atomic mass is 10.2. The van der Waals surface area contributed by atoms with Gasteiger partial charge >= 0.3 is 0 Å². The van der Waals surface area contributed by atoms with Crippen molar-refractivity contribution in [1.82, 2.24) is 29.2 Å². The topological polar surface area (TPSA) is 68.4 Å². The van der Waals surface area contributed by atoms with Gasteiger partial charge < -0.3 is 4.74 Å². The summed E-state index contributed by atoms with van der Waals surface area (Å²) in [5.41, 5.74) is 3.79. The molecule has 1 saturated heterocycles. The molecule has 3 aromatic heterocycles. The molecule has 0 aliphatic carbocycles. The minimum absolute atomic E-state index is 0.761. The van der Waals surface area contributed by atoms with Crippen LogP contribution in [0.5, 0.6) is 0 Å². The molecular weight excluding hydrogens is 348 g/mol. The van der Waals surface area contributed by atoms with Crippen molar-refractivity contribution < 1.29 is 4.74 Å². The van der Waals surface area contributed by atoms with Crippen molar-refractivity contribution in [1.29, 1.82) is 0 Å². The van der Waals surface area contributed by atoms with E-state index in [0.29, 0.717) is 0 Å². The Hall–Kier alpha value is -2.03. The van der Waals surface area contributed by atoms with Crippen LogP contribution in [-0.2, 0) is 11.2 Å². The summed E-state index contributed by atoms with van der Waals surface area (Å²) in [6.07, 6.45) is 11.4. The minimum Gasteiger partial charge on any atom is -0.379 e. The Labute approximate surface area is 156 Å². The highest BCUT2D eigenvalue weighted by Gasteiger charge is 2.13. The number of thioether (sulfide) groups is 1. The van der Waals surface area contributed by atoms with Gasteiger partial charge in [0.05, 0.1) is 36.5 Å². The standard InChI is InChI=1S/C18H22N6OS/c1-26-18-20-5-4-14(22-18)16-13-21-17-15(19-6-8-24(16)17)3-2-7-23-9-11-25-12-10-23/h4-6,8,13H,2-3,7,9-12H2,1H3. The van der Waals surface area contributed by atoms with Gasteiger partial charge in [-0.3, -0.25) is 14.3 Å². The van der Waals surface area contributed by atoms with Crippen molar-refractivity contribution in [3.8, 4) is 11.4 Å². The maximum atomic E-state index is 5.40. The Balaban J connectivity index is 1.53. The molecule has 0 bridgehead atoms. The molecular formula is C18H22N6OS. The third-order valence-electron chi connectivity index (χ3n) is 4.57. The molecule has 1 aliphatic rings. The van der Waals surface area contributed by atoms with Gasteiger partial charge in [0.15, 0.2) is 10.8 Å². The predicted molar refractivity (Wildman–Crippen MR) is 101 cm³/mol. The molecule has 1 fully saturated rings. The van der Waals surface area contributed by atoms with E-state index in [1.165, 1.54) is 11.8 Å². The molecule has 26 heavy (non-hydrogen) atoms. The van der Waals surface area contributed by atoms with Crippen LogP contribution in [0, 0.1) is 0 Å². The SMILES string of the molecule is CSc1nccc(-c2cnc3c(CCCN4CCOCC4)nccn23)n1. The average molecular weight is 370 g/mol. The summed E-state index contributed by atoms with van der Waals surface area (Å²) in [5, 5.41) is 0.761. The van der Waals surface area contributed by atoms with Crippen LogP contribution in [0.15, 0.2) is 36.0 Å². The molecule has 8 heteroatoms. The van der Waals surface area contributed by atoms with Crippen molar-refractivity contribution in [3.63, 3.8) is 0 Å². The van der Waals surface area contributed by atoms with Crippen LogP contribution in [0.25, 0.3) is 17.0 Å². The van der Waals surface area contributed by atoms with Gasteiger partial charge in [0.1, 0.15) is 0 Å². The van der Waals surface area contributed by atoms with Gasteiger partial charge in [0.2, 0.25) is 0 Å². The Kier molecular flexibility index (Phi) is 5.42. The maximum Gasteiger partial charge on any atom is 0.187 e. The number of ether oxygens (including phenoxy) is 1. The van der Waals surface area contributed by atoms with Crippen molar-refractivity contribution in [2.45, 2.75) is 18.0 Å².